The van der Waals surface area contributed by atoms with E-state index in [0.717, 1.165) is 213 Å². The second-order valence-corrected chi connectivity index (χ2v) is 42.0. The van der Waals surface area contributed by atoms with Crippen LogP contribution in [0.25, 0.3) is 33.2 Å². The Morgan fingerprint density at radius 2 is 0.916 bits per heavy atom. The molecule has 2 atom stereocenters. The fraction of sp³-hybridized carbons (Fsp3) is 0.429. The number of anilines is 2. The number of piperazine rings is 3. The Kier molecular flexibility index (Phi) is 27.7. The number of fused-ring (bicyclic) bond motifs is 4. The first kappa shape index (κ1) is 91.9. The van der Waals surface area contributed by atoms with Crippen molar-refractivity contribution in [1.29, 1.82) is 0 Å². The van der Waals surface area contributed by atoms with E-state index in [4.69, 9.17) is 42.1 Å². The molecule has 2 amide bonds. The number of aromatic nitrogens is 4. The number of benzene rings is 6. The number of piperidine rings is 1. The molecular weight excluding hydrogens is 1750 g/mol. The zero-order valence-corrected chi connectivity index (χ0v) is 77.9. The van der Waals surface area contributed by atoms with Gasteiger partial charge in [0.05, 0.1) is 67.5 Å². The first-order valence-corrected chi connectivity index (χ1v) is 49.2. The van der Waals surface area contributed by atoms with Gasteiger partial charge < -0.3 is 53.4 Å². The van der Waals surface area contributed by atoms with Crippen LogP contribution in [-0.4, -0.2) is 221 Å². The minimum atomic E-state index is -4.62. The molecule has 4 N–H and O–H groups in total. The van der Waals surface area contributed by atoms with E-state index < -0.39 is 51.5 Å². The Labute approximate surface area is 774 Å². The number of nitrogens with zero attached hydrogens (tertiary/aromatic N) is 11. The highest BCUT2D eigenvalue weighted by Crippen LogP contribution is 2.48. The van der Waals surface area contributed by atoms with Gasteiger partial charge >= 0.3 is 0 Å². The van der Waals surface area contributed by atoms with Gasteiger partial charge in [-0.3, -0.25) is 39.6 Å². The molecule has 0 saturated carbocycles. The summed E-state index contributed by atoms with van der Waals surface area (Å²) >= 11 is 12.5. The van der Waals surface area contributed by atoms with E-state index in [-0.39, 0.29) is 68.2 Å². The van der Waals surface area contributed by atoms with Crippen molar-refractivity contribution in [2.24, 2.45) is 22.7 Å². The number of carbonyl (C=O) groups excluding carboxylic acids is 2. The lowest BCUT2D eigenvalue weighted by molar-refractivity contribution is -0.386. The molecule has 0 bridgehead atoms. The summed E-state index contributed by atoms with van der Waals surface area (Å²) in [5.74, 6) is -0.564. The average Bonchev–Trinajstić information content (AvgIpc) is 1.23. The summed E-state index contributed by atoms with van der Waals surface area (Å²) in [6.45, 7) is 25.7. The van der Waals surface area contributed by atoms with Gasteiger partial charge in [0.1, 0.15) is 45.8 Å². The van der Waals surface area contributed by atoms with Crippen molar-refractivity contribution in [2.45, 2.75) is 121 Å². The molecule has 10 heterocycles. The number of nitrogens with one attached hydrogen (secondary N) is 4. The van der Waals surface area contributed by atoms with Gasteiger partial charge in [0, 0.05) is 173 Å². The summed E-state index contributed by atoms with van der Waals surface area (Å²) < 4.78 is 84.9. The second-order valence-electron chi connectivity index (χ2n) is 37.7. The summed E-state index contributed by atoms with van der Waals surface area (Å²) in [7, 11) is -7.13. The zero-order valence-electron chi connectivity index (χ0n) is 74.7. The number of hydrogen-bond acceptors (Lipinski definition) is 23. The highest BCUT2D eigenvalue weighted by Gasteiger charge is 2.38. The lowest BCUT2D eigenvalue weighted by atomic mass is 9.72. The number of hydrogen-bond donors (Lipinski definition) is 4. The maximum absolute atomic E-state index is 14.1. The van der Waals surface area contributed by atoms with Gasteiger partial charge in [0.25, 0.3) is 43.2 Å². The molecule has 4 aromatic heterocycles. The lowest BCUT2D eigenvalue weighted by Crippen LogP contribution is -2.47. The molecular formula is C98H113Cl2N15O14S2. The van der Waals surface area contributed by atoms with Crippen molar-refractivity contribution in [3.63, 3.8) is 0 Å². The summed E-state index contributed by atoms with van der Waals surface area (Å²) in [5, 5.41) is 27.8. The number of amides is 2. The van der Waals surface area contributed by atoms with Crippen molar-refractivity contribution in [3.8, 4) is 34.5 Å². The Bertz CT molecular complexity index is 6240. The smallest absolute Gasteiger partial charge is 0.277 e. The van der Waals surface area contributed by atoms with Crippen LogP contribution in [0.4, 0.5) is 22.7 Å². The molecule has 0 spiro atoms. The highest BCUT2D eigenvalue weighted by atomic mass is 35.5. The molecule has 29 nitrogen and oxygen atoms in total. The van der Waals surface area contributed by atoms with Crippen molar-refractivity contribution >= 4 is 111 Å². The van der Waals surface area contributed by atoms with Crippen molar-refractivity contribution in [1.82, 2.24) is 53.9 Å². The first-order valence-electron chi connectivity index (χ1n) is 45.5. The van der Waals surface area contributed by atoms with E-state index >= 15 is 0 Å². The number of halogens is 2. The molecule has 131 heavy (non-hydrogen) atoms. The molecule has 10 aromatic rings. The Hall–Kier alpha value is -11.0. The minimum absolute atomic E-state index is 0.0349. The maximum Gasteiger partial charge on any atom is 0.277 e. The number of H-pyrrole nitrogens is 2. The van der Waals surface area contributed by atoms with E-state index in [1.165, 1.54) is 77.2 Å². The van der Waals surface area contributed by atoms with Crippen molar-refractivity contribution in [2.75, 3.05) is 148 Å². The van der Waals surface area contributed by atoms with Gasteiger partial charge in [-0.15, -0.1) is 0 Å². The third kappa shape index (κ3) is 22.2. The van der Waals surface area contributed by atoms with Gasteiger partial charge in [0.2, 0.25) is 0 Å². The fourth-order valence-corrected chi connectivity index (χ4v) is 21.7. The van der Waals surface area contributed by atoms with E-state index in [2.05, 4.69) is 123 Å². The monoisotopic (exact) mass is 1860 g/mol. The zero-order chi connectivity index (χ0) is 91.5. The fourth-order valence-electron chi connectivity index (χ4n) is 19.4. The SMILES string of the molecule is CC1(C)CCC(CN2CCN(c3ccc(C(=O)NS(=O)(=O)c4cc5c(c([N+](=O)[O-])c4)C[C@@H](CCN4CCCCC4)CO5)c(Oc4cnc5[nH]ccc5c4)c3)CC2)=C(c2ccc(Cl)cc2)C1.CN1CCN(CC[C@H]2COc3cc(S(=O)(=O)NC(=O)c4ccc(N5CCN(CC6=C(c7ccc(Cl)cc7)CC(C)(C)CC6)CC5)cc4Oc4cnc5[nH]ccc5c4)cc([N+](=O)[O-])c3C2)CC1. The number of nitro benzene ring substituents is 2. The van der Waals surface area contributed by atoms with Gasteiger partial charge in [-0.2, -0.15) is 0 Å². The van der Waals surface area contributed by atoms with Crippen LogP contribution in [0.5, 0.6) is 34.5 Å². The van der Waals surface area contributed by atoms with Crippen LogP contribution in [0.3, 0.4) is 0 Å². The van der Waals surface area contributed by atoms with Gasteiger partial charge in [0.15, 0.2) is 0 Å². The molecule has 4 fully saturated rings. The summed E-state index contributed by atoms with van der Waals surface area (Å²) in [5.41, 5.74) is 11.6. The first-order chi connectivity index (χ1) is 62.9. The predicted octanol–water partition coefficient (Wildman–Crippen LogP) is 17.3. The molecule has 690 valence electrons. The standard InChI is InChI=1S/C49H57ClN8O7S.C49H56ClN7O7S/c1-49(2)13-10-36(43(29-49)34-4-6-37(50)7-5-34)31-56-20-22-57(23-21-56)38-8-9-41(46(26-38)65-39-25-35-11-14-51-47(35)52-30-39)48(59)53-66(62,63)40-27-44(58(60)61)42-24-33(32-64-45(42)28-40)12-15-55-18-16-54(3)17-19-55;1-49(2)15-12-36(43(29-49)34-6-8-37(50)9-7-34)31-55-20-22-56(23-21-55)38-10-11-41(46(26-38)64-39-25-35-13-16-51-47(35)52-30-39)48(58)53-65(61,62)40-27-44(57(59)60)42-24-33(32-63-45(42)28-40)14-19-54-17-4-3-5-18-54/h4-9,11,14,25-28,30,33H,10,12-13,15-24,29,31-32H2,1-3H3,(H,51,52)(H,53,59);6-11,13,16,25-28,30,33H,3-5,12,14-15,17-24,29,31-32H2,1-2H3,(H,51,52)(H,53,58)/t2*33-/m11/s1. The molecule has 8 aliphatic rings. The topological polar surface area (TPSA) is 330 Å². The third-order valence-corrected chi connectivity index (χ3v) is 30.3. The number of aromatic amines is 2. The van der Waals surface area contributed by atoms with Crippen LogP contribution in [0.1, 0.15) is 141 Å². The maximum atomic E-state index is 14.1. The highest BCUT2D eigenvalue weighted by molar-refractivity contribution is 7.90. The number of ether oxygens (including phenoxy) is 4. The van der Waals surface area contributed by atoms with Gasteiger partial charge in [-0.1, -0.05) is 92.7 Å². The van der Waals surface area contributed by atoms with Gasteiger partial charge in [-0.25, -0.2) is 36.2 Å². The van der Waals surface area contributed by atoms with Crippen LogP contribution in [0, 0.1) is 42.9 Å². The molecule has 0 radical (unpaired) electrons. The molecule has 2 aliphatic carbocycles. The van der Waals surface area contributed by atoms with Crippen molar-refractivity contribution in [3.05, 3.63) is 233 Å². The number of rotatable bonds is 26. The third-order valence-electron chi connectivity index (χ3n) is 27.2. The van der Waals surface area contributed by atoms with Crippen LogP contribution in [0.2, 0.25) is 10.0 Å². The number of likely N-dealkylation sites (tertiary alicyclic amines) is 1. The lowest BCUT2D eigenvalue weighted by Gasteiger charge is -2.39. The van der Waals surface area contributed by atoms with Gasteiger partial charge in [-0.05, 0) is 228 Å². The van der Waals surface area contributed by atoms with E-state index in [9.17, 15) is 46.7 Å². The number of nitro groups is 2. The van der Waals surface area contributed by atoms with E-state index in [1.54, 1.807) is 60.9 Å². The quantitative estimate of drug-likeness (QED) is 0.0289. The number of pyridine rings is 2. The predicted molar refractivity (Wildman–Crippen MR) is 509 cm³/mol. The molecule has 33 heteroatoms. The Morgan fingerprint density at radius 1 is 0.511 bits per heavy atom. The van der Waals surface area contributed by atoms with Crippen LogP contribution >= 0.6 is 23.2 Å². The largest absolute Gasteiger partial charge is 0.493 e. The van der Waals surface area contributed by atoms with Crippen LogP contribution in [-0.2, 0) is 32.9 Å². The van der Waals surface area contributed by atoms with Crippen LogP contribution in [0.15, 0.2) is 179 Å². The Morgan fingerprint density at radius 3 is 1.33 bits per heavy atom. The Balaban J connectivity index is 0.000000183. The van der Waals surface area contributed by atoms with Crippen LogP contribution < -0.4 is 38.2 Å². The van der Waals surface area contributed by atoms with Crippen molar-refractivity contribution < 1.29 is 55.2 Å². The number of carbonyl (C=O) groups is 2. The number of allylic oxidation sites excluding steroid dienone is 2. The number of likely N-dealkylation sites (N-methyl/N-ethyl adjacent to an activating group) is 1. The second kappa shape index (κ2) is 39.4. The van der Waals surface area contributed by atoms with E-state index in [1.807, 2.05) is 36.4 Å². The molecule has 18 rings (SSSR count). The normalized spacial score (nSPS) is 19.5. The number of sulfonamides is 2. The minimum Gasteiger partial charge on any atom is -0.493 e. The molecule has 4 saturated heterocycles. The van der Waals surface area contributed by atoms with E-state index in [0.29, 0.717) is 60.0 Å². The molecule has 0 unspecified atom stereocenters. The molecule has 6 aliphatic heterocycles. The summed E-state index contributed by atoms with van der Waals surface area (Å²) in [4.78, 5) is 82.5. The summed E-state index contributed by atoms with van der Waals surface area (Å²) in [6.07, 6.45) is 19.0. The summed E-state index contributed by atoms with van der Waals surface area (Å²) in [6, 6.07) is 38.4. The average molecular weight is 1860 g/mol. The molecule has 6 aromatic carbocycles.